The summed E-state index contributed by atoms with van der Waals surface area (Å²) in [4.78, 5) is 47.2. The zero-order valence-corrected chi connectivity index (χ0v) is 13.0. The van der Waals surface area contributed by atoms with Crippen LogP contribution in [-0.4, -0.2) is 22.6 Å². The molecule has 0 radical (unpaired) electrons. The van der Waals surface area contributed by atoms with E-state index in [1.807, 2.05) is 0 Å². The molecule has 0 atom stereocenters. The molecule has 0 spiro atoms. The fraction of sp³-hybridized carbons (Fsp3) is 0.118. The Bertz CT molecular complexity index is 860. The van der Waals surface area contributed by atoms with E-state index in [2.05, 4.69) is 5.32 Å². The van der Waals surface area contributed by atoms with Crippen molar-refractivity contribution in [2.75, 3.05) is 10.2 Å². The van der Waals surface area contributed by atoms with Crippen LogP contribution >= 0.6 is 0 Å². The van der Waals surface area contributed by atoms with Crippen LogP contribution in [0.3, 0.4) is 0 Å². The number of carbonyl (C=O) groups excluding carboxylic acids is 3. The molecule has 0 aliphatic carbocycles. The monoisotopic (exact) mass is 339 g/mol. The third-order valence-electron chi connectivity index (χ3n) is 3.79. The average molecular weight is 339 g/mol. The van der Waals surface area contributed by atoms with Gasteiger partial charge in [-0.1, -0.05) is 12.1 Å². The summed E-state index contributed by atoms with van der Waals surface area (Å²) in [7, 11) is 0. The Balaban J connectivity index is 1.79. The lowest BCUT2D eigenvalue weighted by Crippen LogP contribution is -2.28. The lowest BCUT2D eigenvalue weighted by molar-refractivity contribution is -0.383. The molecule has 1 heterocycles. The van der Waals surface area contributed by atoms with E-state index in [1.54, 1.807) is 6.07 Å². The zero-order chi connectivity index (χ0) is 18.0. The molecule has 0 bridgehead atoms. The molecule has 1 fully saturated rings. The molecule has 1 N–H and O–H groups in total. The number of rotatable bonds is 4. The van der Waals surface area contributed by atoms with Gasteiger partial charge in [0.2, 0.25) is 11.8 Å². The van der Waals surface area contributed by atoms with Crippen molar-refractivity contribution in [2.45, 2.75) is 12.8 Å². The second kappa shape index (κ2) is 6.52. The maximum atomic E-state index is 12.3. The summed E-state index contributed by atoms with van der Waals surface area (Å²) in [5, 5.41) is 13.5. The molecule has 0 saturated carbocycles. The van der Waals surface area contributed by atoms with Crippen LogP contribution in [0.4, 0.5) is 17.1 Å². The second-order valence-corrected chi connectivity index (χ2v) is 5.40. The highest BCUT2D eigenvalue weighted by Crippen LogP contribution is 2.25. The smallest absolute Gasteiger partial charge is 0.292 e. The quantitative estimate of drug-likeness (QED) is 0.523. The van der Waals surface area contributed by atoms with E-state index in [0.717, 1.165) is 4.90 Å². The molecule has 3 amide bonds. The Morgan fingerprint density at radius 3 is 2.20 bits per heavy atom. The van der Waals surface area contributed by atoms with E-state index in [0.29, 0.717) is 5.69 Å². The number of nitrogens with zero attached hydrogens (tertiary/aromatic N) is 2. The standard InChI is InChI=1S/C17H13N3O5/c21-15-9-10-16(22)19(15)12-7-5-11(6-8-12)17(23)18-13-3-1-2-4-14(13)20(24)25/h1-8H,9-10H2,(H,18,23). The first-order valence-electron chi connectivity index (χ1n) is 7.48. The minimum atomic E-state index is -0.580. The predicted molar refractivity (Wildman–Crippen MR) is 89.2 cm³/mol. The van der Waals surface area contributed by atoms with Gasteiger partial charge in [-0.25, -0.2) is 0 Å². The van der Waals surface area contributed by atoms with E-state index < -0.39 is 10.8 Å². The number of nitrogens with one attached hydrogen (secondary N) is 1. The second-order valence-electron chi connectivity index (χ2n) is 5.40. The first-order valence-corrected chi connectivity index (χ1v) is 7.48. The molecular weight excluding hydrogens is 326 g/mol. The van der Waals surface area contributed by atoms with Crippen molar-refractivity contribution >= 4 is 34.8 Å². The minimum Gasteiger partial charge on any atom is -0.316 e. The summed E-state index contributed by atoms with van der Waals surface area (Å²) < 4.78 is 0. The number of anilines is 2. The lowest BCUT2D eigenvalue weighted by Gasteiger charge is -2.14. The summed E-state index contributed by atoms with van der Waals surface area (Å²) >= 11 is 0. The number of nitro groups is 1. The van der Waals surface area contributed by atoms with E-state index >= 15 is 0 Å². The summed E-state index contributed by atoms with van der Waals surface area (Å²) in [6, 6.07) is 11.7. The Labute approximate surface area is 142 Å². The number of nitro benzene ring substituents is 1. The topological polar surface area (TPSA) is 110 Å². The summed E-state index contributed by atoms with van der Waals surface area (Å²) in [6.45, 7) is 0. The molecule has 1 saturated heterocycles. The Morgan fingerprint density at radius 1 is 1.00 bits per heavy atom. The minimum absolute atomic E-state index is 0.0893. The van der Waals surface area contributed by atoms with Crippen LogP contribution in [0.2, 0.25) is 0 Å². The van der Waals surface area contributed by atoms with Gasteiger partial charge >= 0.3 is 0 Å². The number of hydrogen-bond acceptors (Lipinski definition) is 5. The number of amides is 3. The Hall–Kier alpha value is -3.55. The normalized spacial score (nSPS) is 13.8. The SMILES string of the molecule is O=C(Nc1ccccc1[N+](=O)[O-])c1ccc(N2C(=O)CCC2=O)cc1. The van der Waals surface area contributed by atoms with Crippen molar-refractivity contribution in [3.8, 4) is 0 Å². The molecule has 2 aromatic rings. The lowest BCUT2D eigenvalue weighted by atomic mass is 10.1. The predicted octanol–water partition coefficient (Wildman–Crippen LogP) is 2.50. The Morgan fingerprint density at radius 2 is 1.60 bits per heavy atom. The van der Waals surface area contributed by atoms with Crippen molar-refractivity contribution < 1.29 is 19.3 Å². The third-order valence-corrected chi connectivity index (χ3v) is 3.79. The number of para-hydroxylation sites is 2. The molecule has 8 nitrogen and oxygen atoms in total. The average Bonchev–Trinajstić information content (AvgIpc) is 2.94. The van der Waals surface area contributed by atoms with Crippen LogP contribution in [0.5, 0.6) is 0 Å². The van der Waals surface area contributed by atoms with Crippen LogP contribution in [0.1, 0.15) is 23.2 Å². The van der Waals surface area contributed by atoms with E-state index in [1.165, 1.54) is 42.5 Å². The van der Waals surface area contributed by atoms with E-state index in [9.17, 15) is 24.5 Å². The Kier molecular flexibility index (Phi) is 4.25. The van der Waals surface area contributed by atoms with Crippen LogP contribution in [-0.2, 0) is 9.59 Å². The van der Waals surface area contributed by atoms with Gasteiger partial charge in [-0.05, 0) is 30.3 Å². The van der Waals surface area contributed by atoms with Gasteiger partial charge in [-0.15, -0.1) is 0 Å². The largest absolute Gasteiger partial charge is 0.316 e. The maximum Gasteiger partial charge on any atom is 0.292 e. The van der Waals surface area contributed by atoms with Crippen molar-refractivity contribution in [1.82, 2.24) is 0 Å². The zero-order valence-electron chi connectivity index (χ0n) is 13.0. The summed E-state index contributed by atoms with van der Waals surface area (Å²) in [5.74, 6) is -1.08. The summed E-state index contributed by atoms with van der Waals surface area (Å²) in [5.41, 5.74) is 0.531. The molecule has 25 heavy (non-hydrogen) atoms. The van der Waals surface area contributed by atoms with Gasteiger partial charge in [-0.2, -0.15) is 0 Å². The van der Waals surface area contributed by atoms with Crippen LogP contribution in [0.25, 0.3) is 0 Å². The van der Waals surface area contributed by atoms with Gasteiger partial charge in [0.1, 0.15) is 5.69 Å². The third kappa shape index (κ3) is 3.23. The first-order chi connectivity index (χ1) is 12.0. The number of benzene rings is 2. The molecule has 1 aliphatic rings. The van der Waals surface area contributed by atoms with Crippen molar-refractivity contribution in [3.63, 3.8) is 0 Å². The van der Waals surface area contributed by atoms with Gasteiger partial charge in [-0.3, -0.25) is 29.4 Å². The molecule has 3 rings (SSSR count). The molecule has 0 unspecified atom stereocenters. The molecule has 8 heteroatoms. The van der Waals surface area contributed by atoms with Crippen LogP contribution < -0.4 is 10.2 Å². The first kappa shape index (κ1) is 16.3. The number of imide groups is 1. The fourth-order valence-corrected chi connectivity index (χ4v) is 2.56. The highest BCUT2D eigenvalue weighted by molar-refractivity contribution is 6.20. The molecule has 126 valence electrons. The van der Waals surface area contributed by atoms with Crippen molar-refractivity contribution in [1.29, 1.82) is 0 Å². The van der Waals surface area contributed by atoms with Crippen molar-refractivity contribution in [3.05, 3.63) is 64.2 Å². The van der Waals surface area contributed by atoms with Crippen LogP contribution in [0, 0.1) is 10.1 Å². The molecular formula is C17H13N3O5. The van der Waals surface area contributed by atoms with Gasteiger partial charge in [0.25, 0.3) is 11.6 Å². The van der Waals surface area contributed by atoms with Gasteiger partial charge in [0.05, 0.1) is 10.6 Å². The number of hydrogen-bond donors (Lipinski definition) is 1. The molecule has 1 aliphatic heterocycles. The van der Waals surface area contributed by atoms with Crippen LogP contribution in [0.15, 0.2) is 48.5 Å². The fourth-order valence-electron chi connectivity index (χ4n) is 2.56. The highest BCUT2D eigenvalue weighted by atomic mass is 16.6. The van der Waals surface area contributed by atoms with Gasteiger partial charge in [0.15, 0.2) is 0 Å². The molecule has 2 aromatic carbocycles. The molecule has 0 aromatic heterocycles. The van der Waals surface area contributed by atoms with E-state index in [-0.39, 0.29) is 41.6 Å². The highest BCUT2D eigenvalue weighted by Gasteiger charge is 2.30. The van der Waals surface area contributed by atoms with Gasteiger partial charge < -0.3 is 5.32 Å². The van der Waals surface area contributed by atoms with E-state index in [4.69, 9.17) is 0 Å². The number of carbonyl (C=O) groups is 3. The maximum absolute atomic E-state index is 12.3. The summed E-state index contributed by atoms with van der Waals surface area (Å²) in [6.07, 6.45) is 0.359. The van der Waals surface area contributed by atoms with Gasteiger partial charge in [0, 0.05) is 24.5 Å². The van der Waals surface area contributed by atoms with Crippen molar-refractivity contribution in [2.24, 2.45) is 0 Å².